The Balaban J connectivity index is 1.40. The van der Waals surface area contributed by atoms with Crippen molar-refractivity contribution in [2.45, 2.75) is 343 Å². The molecule has 3 saturated heterocycles. The zero-order chi connectivity index (χ0) is 64.0. The molecule has 0 aromatic heterocycles. The van der Waals surface area contributed by atoms with Crippen LogP contribution in [0.1, 0.15) is 239 Å². The molecule has 12 N–H and O–H groups in total. The number of carbonyl (C=O) groups is 1. The Bertz CT molecular complexity index is 1830. The number of unbranched alkanes of at least 4 members (excludes halogenated alkanes) is 28. The van der Waals surface area contributed by atoms with E-state index in [9.17, 15) is 61.0 Å². The summed E-state index contributed by atoms with van der Waals surface area (Å²) in [7, 11) is 0. The smallest absolute Gasteiger partial charge is 0.220 e. The summed E-state index contributed by atoms with van der Waals surface area (Å²) in [5.41, 5.74) is 0. The van der Waals surface area contributed by atoms with Gasteiger partial charge in [0.1, 0.15) is 73.2 Å². The predicted molar refractivity (Wildman–Crippen MR) is 342 cm³/mol. The molecule has 0 spiro atoms. The van der Waals surface area contributed by atoms with E-state index in [0.717, 1.165) is 51.4 Å². The number of aliphatic hydroxyl groups excluding tert-OH is 11. The summed E-state index contributed by atoms with van der Waals surface area (Å²) in [5, 5.41) is 120. The number of aliphatic hydroxyl groups is 11. The van der Waals surface area contributed by atoms with Gasteiger partial charge in [-0.1, -0.05) is 222 Å². The standard InChI is InChI=1S/C69H123NO18/c1-3-5-7-9-11-13-15-17-19-20-21-22-23-24-25-26-27-28-29-30-31-32-33-35-37-39-41-43-45-47-57(75)70-52(53(74)46-44-42-40-38-36-34-18-16-14-12-10-8-6-4-2)51-83-67-63(81)60(78)65(55(49-72)85-67)88-69-64(82)61(79)66(56(50-73)86-69)87-68-62(80)59(77)58(76)54(48-71)84-68/h15,17,20-21,23-24,36,38,44,46,52-56,58-69,71-74,76-82H,3-14,16,18-19,22,25-35,37,39-43,45,47-51H2,1-2H3,(H,70,75)/b17-15-,21-20-,24-23-,38-36+,46-44+. The number of ether oxygens (including phenoxy) is 6. The summed E-state index contributed by atoms with van der Waals surface area (Å²) in [6.45, 7) is 1.69. The van der Waals surface area contributed by atoms with Crippen LogP contribution >= 0.6 is 0 Å². The third-order valence-electron chi connectivity index (χ3n) is 17.0. The number of hydrogen-bond donors (Lipinski definition) is 12. The van der Waals surface area contributed by atoms with Gasteiger partial charge >= 0.3 is 0 Å². The zero-order valence-corrected chi connectivity index (χ0v) is 53.9. The maximum atomic E-state index is 13.4. The number of carbonyl (C=O) groups excluding carboxylic acids is 1. The molecule has 17 atom stereocenters. The molecule has 512 valence electrons. The quantitative estimate of drug-likeness (QED) is 0.0200. The molecule has 0 aliphatic carbocycles. The minimum atomic E-state index is -1.98. The van der Waals surface area contributed by atoms with Crippen LogP contribution in [0.25, 0.3) is 0 Å². The average Bonchev–Trinajstić information content (AvgIpc) is 2.57. The van der Waals surface area contributed by atoms with Crippen molar-refractivity contribution in [3.63, 3.8) is 0 Å². The van der Waals surface area contributed by atoms with Crippen LogP contribution in [0.5, 0.6) is 0 Å². The Hall–Kier alpha value is -2.51. The SMILES string of the molecule is CCCCCCC/C=C\C/C=C\C/C=C\CCCCCCCCCCCCCCCCC(=O)NC(COC1OC(CO)C(OC2OC(CO)C(OC3OC(CO)C(O)C(O)C3O)C(O)C2O)C(O)C1O)C(O)/C=C/CC/C=C/CCCCCCCCCC. The highest BCUT2D eigenvalue weighted by atomic mass is 16.8. The lowest BCUT2D eigenvalue weighted by atomic mass is 9.96. The molecule has 19 heteroatoms. The topological polar surface area (TPSA) is 307 Å². The molecule has 3 heterocycles. The lowest BCUT2D eigenvalue weighted by Gasteiger charge is -2.48. The summed E-state index contributed by atoms with van der Waals surface area (Å²) in [6, 6.07) is -0.992. The van der Waals surface area contributed by atoms with Gasteiger partial charge in [-0.3, -0.25) is 4.79 Å². The van der Waals surface area contributed by atoms with Crippen LogP contribution in [0.4, 0.5) is 0 Å². The second kappa shape index (κ2) is 51.0. The van der Waals surface area contributed by atoms with Gasteiger partial charge in [0.05, 0.1) is 38.6 Å². The zero-order valence-electron chi connectivity index (χ0n) is 53.9. The Morgan fingerprint density at radius 2 is 0.761 bits per heavy atom. The van der Waals surface area contributed by atoms with Crippen LogP contribution in [-0.2, 0) is 33.2 Å². The fraction of sp³-hybridized carbons (Fsp3) is 0.841. The van der Waals surface area contributed by atoms with E-state index in [-0.39, 0.29) is 18.9 Å². The second-order valence-electron chi connectivity index (χ2n) is 24.6. The van der Waals surface area contributed by atoms with Gasteiger partial charge in [-0.15, -0.1) is 0 Å². The molecule has 0 aromatic carbocycles. The maximum absolute atomic E-state index is 13.4. The molecule has 17 unspecified atom stereocenters. The number of hydrogen-bond acceptors (Lipinski definition) is 18. The molecule has 3 aliphatic heterocycles. The van der Waals surface area contributed by atoms with E-state index < -0.39 is 124 Å². The van der Waals surface area contributed by atoms with E-state index in [0.29, 0.717) is 12.8 Å². The third kappa shape index (κ3) is 32.9. The summed E-state index contributed by atoms with van der Waals surface area (Å²) in [6.07, 6.45) is 34.9. The predicted octanol–water partition coefficient (Wildman–Crippen LogP) is 8.77. The van der Waals surface area contributed by atoms with Gasteiger partial charge in [-0.2, -0.15) is 0 Å². The summed E-state index contributed by atoms with van der Waals surface area (Å²) in [4.78, 5) is 13.4. The maximum Gasteiger partial charge on any atom is 0.220 e. The number of rotatable bonds is 52. The molecule has 19 nitrogen and oxygen atoms in total. The number of amides is 1. The first-order valence-corrected chi connectivity index (χ1v) is 34.5. The van der Waals surface area contributed by atoms with Crippen molar-refractivity contribution in [2.75, 3.05) is 26.4 Å². The van der Waals surface area contributed by atoms with Crippen LogP contribution in [0, 0.1) is 0 Å². The second-order valence-corrected chi connectivity index (χ2v) is 24.6. The summed E-state index contributed by atoms with van der Waals surface area (Å²) < 4.78 is 34.3. The van der Waals surface area contributed by atoms with Gasteiger partial charge in [-0.25, -0.2) is 0 Å². The van der Waals surface area contributed by atoms with Crippen molar-refractivity contribution in [3.8, 4) is 0 Å². The number of nitrogens with one attached hydrogen (secondary N) is 1. The van der Waals surface area contributed by atoms with E-state index in [1.165, 1.54) is 154 Å². The highest BCUT2D eigenvalue weighted by molar-refractivity contribution is 5.76. The van der Waals surface area contributed by atoms with Gasteiger partial charge in [0.25, 0.3) is 0 Å². The van der Waals surface area contributed by atoms with Crippen LogP contribution in [-0.4, -0.2) is 193 Å². The fourth-order valence-corrected chi connectivity index (χ4v) is 11.4. The van der Waals surface area contributed by atoms with Crippen LogP contribution in [0.2, 0.25) is 0 Å². The Kier molecular flexibility index (Phi) is 46.2. The highest BCUT2D eigenvalue weighted by Crippen LogP contribution is 2.33. The highest BCUT2D eigenvalue weighted by Gasteiger charge is 2.53. The molecule has 0 aromatic rings. The van der Waals surface area contributed by atoms with E-state index in [2.05, 4.69) is 67.8 Å². The van der Waals surface area contributed by atoms with Gasteiger partial charge in [0, 0.05) is 6.42 Å². The third-order valence-corrected chi connectivity index (χ3v) is 17.0. The molecule has 3 aliphatic rings. The lowest BCUT2D eigenvalue weighted by molar-refractivity contribution is -0.379. The van der Waals surface area contributed by atoms with Crippen LogP contribution < -0.4 is 5.32 Å². The molecule has 1 amide bonds. The molecule has 3 fully saturated rings. The molecular weight excluding hydrogens is 1130 g/mol. The Labute approximate surface area is 528 Å². The average molecular weight is 1250 g/mol. The summed E-state index contributed by atoms with van der Waals surface area (Å²) >= 11 is 0. The normalized spacial score (nSPS) is 28.8. The fourth-order valence-electron chi connectivity index (χ4n) is 11.4. The largest absolute Gasteiger partial charge is 0.394 e. The first-order valence-electron chi connectivity index (χ1n) is 34.5. The molecular formula is C69H123NO18. The van der Waals surface area contributed by atoms with E-state index in [1.807, 2.05) is 6.08 Å². The number of allylic oxidation sites excluding steroid dienone is 9. The first-order chi connectivity index (χ1) is 42.8. The monoisotopic (exact) mass is 1250 g/mol. The van der Waals surface area contributed by atoms with Gasteiger partial charge in [0.2, 0.25) is 5.91 Å². The van der Waals surface area contributed by atoms with Crippen molar-refractivity contribution in [1.82, 2.24) is 5.32 Å². The minimum absolute atomic E-state index is 0.233. The molecule has 88 heavy (non-hydrogen) atoms. The Morgan fingerprint density at radius 1 is 0.409 bits per heavy atom. The molecule has 0 saturated carbocycles. The van der Waals surface area contributed by atoms with Crippen molar-refractivity contribution in [1.29, 1.82) is 0 Å². The van der Waals surface area contributed by atoms with E-state index >= 15 is 0 Å². The van der Waals surface area contributed by atoms with Crippen molar-refractivity contribution in [3.05, 3.63) is 60.8 Å². The van der Waals surface area contributed by atoms with Gasteiger partial charge in [0.15, 0.2) is 18.9 Å². The van der Waals surface area contributed by atoms with E-state index in [1.54, 1.807) is 6.08 Å². The van der Waals surface area contributed by atoms with E-state index in [4.69, 9.17) is 28.4 Å². The molecule has 3 rings (SSSR count). The van der Waals surface area contributed by atoms with Crippen LogP contribution in [0.15, 0.2) is 60.8 Å². The first kappa shape index (κ1) is 79.7. The van der Waals surface area contributed by atoms with Gasteiger partial charge < -0.3 is 89.9 Å². The lowest BCUT2D eigenvalue weighted by Crippen LogP contribution is -2.66. The van der Waals surface area contributed by atoms with Crippen molar-refractivity contribution in [2.24, 2.45) is 0 Å². The van der Waals surface area contributed by atoms with Gasteiger partial charge in [-0.05, 0) is 70.6 Å². The van der Waals surface area contributed by atoms with Crippen molar-refractivity contribution >= 4 is 5.91 Å². The molecule has 0 bridgehead atoms. The molecule has 0 radical (unpaired) electrons. The van der Waals surface area contributed by atoms with Crippen LogP contribution in [0.3, 0.4) is 0 Å². The minimum Gasteiger partial charge on any atom is -0.394 e. The Morgan fingerprint density at radius 3 is 1.22 bits per heavy atom. The van der Waals surface area contributed by atoms with Crippen molar-refractivity contribution < 1.29 is 89.4 Å². The summed E-state index contributed by atoms with van der Waals surface area (Å²) in [5.74, 6) is -0.287.